The predicted octanol–water partition coefficient (Wildman–Crippen LogP) is 1.74. The van der Waals surface area contributed by atoms with Crippen molar-refractivity contribution in [1.29, 1.82) is 0 Å². The molecule has 0 aromatic carbocycles. The van der Waals surface area contributed by atoms with Crippen LogP contribution in [0.15, 0.2) is 22.8 Å². The summed E-state index contributed by atoms with van der Waals surface area (Å²) in [7, 11) is 0. The predicted molar refractivity (Wildman–Crippen MR) is 67.6 cm³/mol. The van der Waals surface area contributed by atoms with E-state index in [2.05, 4.69) is 4.90 Å². The van der Waals surface area contributed by atoms with Gasteiger partial charge in [0.15, 0.2) is 0 Å². The molecule has 0 amide bonds. The molecule has 5 heteroatoms. The number of hydrogen-bond donors (Lipinski definition) is 1. The molecule has 1 aliphatic heterocycles. The van der Waals surface area contributed by atoms with Gasteiger partial charge in [0.2, 0.25) is 0 Å². The lowest BCUT2D eigenvalue weighted by atomic mass is 9.86. The monoisotopic (exact) mass is 265 g/mol. The quantitative estimate of drug-likeness (QED) is 0.848. The Kier molecular flexibility index (Phi) is 3.33. The van der Waals surface area contributed by atoms with E-state index in [1.165, 1.54) is 0 Å². The maximum Gasteiger partial charge on any atom is 0.313 e. The SMILES string of the molecule is O=C(O)C1(CN(Cc2ccco2)C2CC2)CCOC1. The molecular formula is C14H19NO4. The van der Waals surface area contributed by atoms with Crippen molar-refractivity contribution in [3.05, 3.63) is 24.2 Å². The van der Waals surface area contributed by atoms with Crippen molar-refractivity contribution >= 4 is 5.97 Å². The average Bonchev–Trinajstić information content (AvgIpc) is 2.90. The van der Waals surface area contributed by atoms with Gasteiger partial charge in [0.05, 0.1) is 19.4 Å². The van der Waals surface area contributed by atoms with Crippen LogP contribution in [0.3, 0.4) is 0 Å². The average molecular weight is 265 g/mol. The van der Waals surface area contributed by atoms with Crippen molar-refractivity contribution in [2.45, 2.75) is 31.8 Å². The van der Waals surface area contributed by atoms with E-state index in [1.54, 1.807) is 6.26 Å². The highest BCUT2D eigenvalue weighted by Gasteiger charge is 2.46. The van der Waals surface area contributed by atoms with Gasteiger partial charge in [0.1, 0.15) is 11.2 Å². The van der Waals surface area contributed by atoms with Crippen LogP contribution in [0.2, 0.25) is 0 Å². The van der Waals surface area contributed by atoms with Crippen LogP contribution in [0, 0.1) is 5.41 Å². The molecule has 1 atom stereocenters. The van der Waals surface area contributed by atoms with Gasteiger partial charge in [0, 0.05) is 19.2 Å². The topological polar surface area (TPSA) is 62.9 Å². The van der Waals surface area contributed by atoms with Crippen LogP contribution in [-0.4, -0.2) is 41.8 Å². The highest BCUT2D eigenvalue weighted by molar-refractivity contribution is 5.75. The summed E-state index contributed by atoms with van der Waals surface area (Å²) in [5.41, 5.74) is -0.741. The number of carboxylic acid groups (broad SMARTS) is 1. The van der Waals surface area contributed by atoms with Crippen molar-refractivity contribution in [2.75, 3.05) is 19.8 Å². The van der Waals surface area contributed by atoms with E-state index in [-0.39, 0.29) is 0 Å². The second-order valence-corrected chi connectivity index (χ2v) is 5.60. The zero-order chi connectivity index (χ0) is 13.3. The Hall–Kier alpha value is -1.33. The number of hydrogen-bond acceptors (Lipinski definition) is 4. The van der Waals surface area contributed by atoms with Gasteiger partial charge >= 0.3 is 5.97 Å². The van der Waals surface area contributed by atoms with E-state index in [4.69, 9.17) is 9.15 Å². The Morgan fingerprint density at radius 3 is 2.89 bits per heavy atom. The molecule has 1 saturated carbocycles. The van der Waals surface area contributed by atoms with Crippen molar-refractivity contribution in [3.63, 3.8) is 0 Å². The molecule has 0 bridgehead atoms. The molecule has 1 saturated heterocycles. The lowest BCUT2D eigenvalue weighted by Gasteiger charge is -2.30. The molecule has 2 aliphatic rings. The van der Waals surface area contributed by atoms with Gasteiger partial charge in [-0.25, -0.2) is 0 Å². The van der Waals surface area contributed by atoms with Crippen LogP contribution in [0.25, 0.3) is 0 Å². The molecule has 1 N–H and O–H groups in total. The summed E-state index contributed by atoms with van der Waals surface area (Å²) in [5.74, 6) is 0.154. The van der Waals surface area contributed by atoms with Crippen molar-refractivity contribution in [2.24, 2.45) is 5.41 Å². The van der Waals surface area contributed by atoms with Gasteiger partial charge in [-0.2, -0.15) is 0 Å². The molecule has 0 radical (unpaired) electrons. The Bertz CT molecular complexity index is 432. The molecule has 3 rings (SSSR count). The van der Waals surface area contributed by atoms with Crippen molar-refractivity contribution < 1.29 is 19.1 Å². The van der Waals surface area contributed by atoms with E-state index >= 15 is 0 Å². The highest BCUT2D eigenvalue weighted by Crippen LogP contribution is 2.36. The first-order valence-electron chi connectivity index (χ1n) is 6.77. The summed E-state index contributed by atoms with van der Waals surface area (Å²) >= 11 is 0. The van der Waals surface area contributed by atoms with E-state index < -0.39 is 11.4 Å². The molecule has 1 aromatic heterocycles. The van der Waals surface area contributed by atoms with Crippen LogP contribution in [0.5, 0.6) is 0 Å². The minimum absolute atomic E-state index is 0.323. The highest BCUT2D eigenvalue weighted by atomic mass is 16.5. The Morgan fingerprint density at radius 1 is 1.53 bits per heavy atom. The number of ether oxygens (including phenoxy) is 1. The number of carbonyl (C=O) groups is 1. The van der Waals surface area contributed by atoms with E-state index in [0.29, 0.717) is 38.8 Å². The zero-order valence-electron chi connectivity index (χ0n) is 10.9. The zero-order valence-corrected chi connectivity index (χ0v) is 10.9. The number of carboxylic acids is 1. The maximum atomic E-state index is 11.6. The molecule has 1 unspecified atom stereocenters. The molecule has 1 aliphatic carbocycles. The van der Waals surface area contributed by atoms with Crippen LogP contribution in [0.1, 0.15) is 25.0 Å². The number of furan rings is 1. The van der Waals surface area contributed by atoms with Crippen LogP contribution in [0.4, 0.5) is 0 Å². The maximum absolute atomic E-state index is 11.6. The fourth-order valence-electron chi connectivity index (χ4n) is 2.71. The number of aliphatic carboxylic acids is 1. The second kappa shape index (κ2) is 4.98. The molecule has 5 nitrogen and oxygen atoms in total. The minimum atomic E-state index is -0.741. The van der Waals surface area contributed by atoms with E-state index in [9.17, 15) is 9.90 Å². The lowest BCUT2D eigenvalue weighted by molar-refractivity contribution is -0.150. The standard InChI is InChI=1S/C14H19NO4/c16-13(17)14(5-7-18-10-14)9-15(11-3-4-11)8-12-2-1-6-19-12/h1-2,6,11H,3-5,7-10H2,(H,16,17). The third-order valence-electron chi connectivity index (χ3n) is 4.07. The first-order valence-corrected chi connectivity index (χ1v) is 6.77. The second-order valence-electron chi connectivity index (χ2n) is 5.60. The molecule has 1 aromatic rings. The van der Waals surface area contributed by atoms with Gasteiger partial charge in [-0.3, -0.25) is 9.69 Å². The van der Waals surface area contributed by atoms with Gasteiger partial charge < -0.3 is 14.3 Å². The number of rotatable bonds is 6. The van der Waals surface area contributed by atoms with Crippen molar-refractivity contribution in [1.82, 2.24) is 4.90 Å². The lowest BCUT2D eigenvalue weighted by Crippen LogP contribution is -2.44. The summed E-state index contributed by atoms with van der Waals surface area (Å²) in [6.45, 7) is 2.11. The third-order valence-corrected chi connectivity index (χ3v) is 4.07. The molecule has 0 spiro atoms. The van der Waals surface area contributed by atoms with Crippen LogP contribution in [-0.2, 0) is 16.1 Å². The fourth-order valence-corrected chi connectivity index (χ4v) is 2.71. The molecule has 2 heterocycles. The molecule has 104 valence electrons. The number of nitrogens with zero attached hydrogens (tertiary/aromatic N) is 1. The van der Waals surface area contributed by atoms with Gasteiger partial charge in [-0.1, -0.05) is 0 Å². The fraction of sp³-hybridized carbons (Fsp3) is 0.643. The molecule has 19 heavy (non-hydrogen) atoms. The summed E-state index contributed by atoms with van der Waals surface area (Å²) < 4.78 is 10.7. The Balaban J connectivity index is 1.71. The molecular weight excluding hydrogens is 246 g/mol. The van der Waals surface area contributed by atoms with E-state index in [0.717, 1.165) is 18.6 Å². The normalized spacial score (nSPS) is 27.0. The summed E-state index contributed by atoms with van der Waals surface area (Å²) in [6.07, 6.45) is 4.56. The largest absolute Gasteiger partial charge is 0.481 e. The van der Waals surface area contributed by atoms with Gasteiger partial charge in [-0.15, -0.1) is 0 Å². The first-order chi connectivity index (χ1) is 9.20. The van der Waals surface area contributed by atoms with Gasteiger partial charge in [-0.05, 0) is 31.4 Å². The van der Waals surface area contributed by atoms with Crippen LogP contribution < -0.4 is 0 Å². The smallest absolute Gasteiger partial charge is 0.313 e. The third kappa shape index (κ3) is 2.67. The molecule has 2 fully saturated rings. The first kappa shape index (κ1) is 12.7. The summed E-state index contributed by atoms with van der Waals surface area (Å²) in [5, 5.41) is 9.51. The Labute approximate surface area is 112 Å². The minimum Gasteiger partial charge on any atom is -0.481 e. The van der Waals surface area contributed by atoms with Crippen molar-refractivity contribution in [3.8, 4) is 0 Å². The summed E-state index contributed by atoms with van der Waals surface area (Å²) in [6, 6.07) is 4.31. The van der Waals surface area contributed by atoms with Crippen LogP contribution >= 0.6 is 0 Å². The van der Waals surface area contributed by atoms with E-state index in [1.807, 2.05) is 12.1 Å². The Morgan fingerprint density at radius 2 is 2.37 bits per heavy atom. The van der Waals surface area contributed by atoms with Gasteiger partial charge in [0.25, 0.3) is 0 Å². The summed E-state index contributed by atoms with van der Waals surface area (Å²) in [4.78, 5) is 13.8.